The van der Waals surface area contributed by atoms with Crippen LogP contribution in [0.25, 0.3) is 5.69 Å². The third-order valence-corrected chi connectivity index (χ3v) is 5.48. The topological polar surface area (TPSA) is 86.7 Å². The van der Waals surface area contributed by atoms with Crippen LogP contribution in [0.3, 0.4) is 0 Å². The third-order valence-electron chi connectivity index (χ3n) is 5.15. The molecule has 1 N–H and O–H groups in total. The fourth-order valence-electron chi connectivity index (χ4n) is 3.64. The number of carbonyl (C=O) groups is 1. The van der Waals surface area contributed by atoms with Gasteiger partial charge >= 0.3 is 5.69 Å². The van der Waals surface area contributed by atoms with Gasteiger partial charge in [0.1, 0.15) is 5.82 Å². The van der Waals surface area contributed by atoms with E-state index in [4.69, 9.17) is 11.6 Å². The van der Waals surface area contributed by atoms with Crippen molar-refractivity contribution in [1.82, 2.24) is 29.4 Å². The zero-order chi connectivity index (χ0) is 20.4. The van der Waals surface area contributed by atoms with E-state index in [0.717, 1.165) is 24.4 Å². The van der Waals surface area contributed by atoms with Gasteiger partial charge in [0.25, 0.3) is 5.91 Å². The predicted octanol–water partition coefficient (Wildman–Crippen LogP) is 2.43. The van der Waals surface area contributed by atoms with E-state index in [9.17, 15) is 9.59 Å². The Kier molecular flexibility index (Phi) is 5.53. The summed E-state index contributed by atoms with van der Waals surface area (Å²) in [5.74, 6) is 0.566. The first-order valence-electron chi connectivity index (χ1n) is 9.83. The van der Waals surface area contributed by atoms with E-state index in [1.807, 2.05) is 25.3 Å². The van der Waals surface area contributed by atoms with Crippen LogP contribution in [0.4, 0.5) is 0 Å². The van der Waals surface area contributed by atoms with Crippen LogP contribution in [0.5, 0.6) is 0 Å². The molecule has 3 heterocycles. The predicted molar refractivity (Wildman–Crippen MR) is 110 cm³/mol. The molecule has 0 fully saturated rings. The minimum Gasteiger partial charge on any atom is -0.349 e. The summed E-state index contributed by atoms with van der Waals surface area (Å²) < 4.78 is 4.95. The SMILES string of the molecule is CCCn1nc2n(c1=O)CCC(NC(=O)c1cc(-n3cccn3)ccc1Cl)CC2. The molecule has 1 aromatic carbocycles. The maximum atomic E-state index is 12.9. The maximum absolute atomic E-state index is 12.9. The van der Waals surface area contributed by atoms with Crippen LogP contribution >= 0.6 is 11.6 Å². The number of nitrogens with one attached hydrogen (secondary N) is 1. The van der Waals surface area contributed by atoms with Crippen molar-refractivity contribution in [1.29, 1.82) is 0 Å². The second kappa shape index (κ2) is 8.24. The molecule has 29 heavy (non-hydrogen) atoms. The van der Waals surface area contributed by atoms with E-state index >= 15 is 0 Å². The van der Waals surface area contributed by atoms with E-state index in [0.29, 0.717) is 36.5 Å². The van der Waals surface area contributed by atoms with Gasteiger partial charge in [-0.2, -0.15) is 10.2 Å². The normalized spacial score (nSPS) is 16.3. The number of fused-ring (bicyclic) bond motifs is 1. The number of carbonyl (C=O) groups excluding carboxylic acids is 1. The second-order valence-electron chi connectivity index (χ2n) is 7.19. The van der Waals surface area contributed by atoms with E-state index in [1.54, 1.807) is 27.6 Å². The van der Waals surface area contributed by atoms with Crippen molar-refractivity contribution < 1.29 is 4.79 Å². The minimum absolute atomic E-state index is 0.0485. The Bertz CT molecular complexity index is 1070. The molecule has 0 bridgehead atoms. The average molecular weight is 415 g/mol. The van der Waals surface area contributed by atoms with Crippen molar-refractivity contribution in [2.24, 2.45) is 0 Å². The lowest BCUT2D eigenvalue weighted by Crippen LogP contribution is -2.36. The Hall–Kier alpha value is -2.87. The number of benzene rings is 1. The van der Waals surface area contributed by atoms with Crippen LogP contribution in [0.15, 0.2) is 41.5 Å². The van der Waals surface area contributed by atoms with E-state index in [1.165, 1.54) is 4.68 Å². The first-order chi connectivity index (χ1) is 14.1. The molecule has 2 aromatic heterocycles. The number of hydrogen-bond acceptors (Lipinski definition) is 4. The maximum Gasteiger partial charge on any atom is 0.345 e. The lowest BCUT2D eigenvalue weighted by Gasteiger charge is -2.17. The summed E-state index contributed by atoms with van der Waals surface area (Å²) in [7, 11) is 0. The molecule has 0 aliphatic carbocycles. The summed E-state index contributed by atoms with van der Waals surface area (Å²) in [5.41, 5.74) is 1.11. The van der Waals surface area contributed by atoms with Gasteiger partial charge in [-0.15, -0.1) is 0 Å². The van der Waals surface area contributed by atoms with Crippen LogP contribution in [0.2, 0.25) is 5.02 Å². The number of rotatable bonds is 5. The average Bonchev–Trinajstić information content (AvgIpc) is 3.29. The molecule has 8 nitrogen and oxygen atoms in total. The monoisotopic (exact) mass is 414 g/mol. The molecule has 1 atom stereocenters. The van der Waals surface area contributed by atoms with Gasteiger partial charge < -0.3 is 5.32 Å². The molecule has 0 saturated carbocycles. The molecule has 0 radical (unpaired) electrons. The highest BCUT2D eigenvalue weighted by atomic mass is 35.5. The highest BCUT2D eigenvalue weighted by Gasteiger charge is 2.23. The summed E-state index contributed by atoms with van der Waals surface area (Å²) in [6.07, 6.45) is 6.41. The Morgan fingerprint density at radius 1 is 1.34 bits per heavy atom. The zero-order valence-electron chi connectivity index (χ0n) is 16.2. The molecular formula is C20H23ClN6O2. The number of aryl methyl sites for hydroxylation is 2. The molecule has 0 saturated heterocycles. The van der Waals surface area contributed by atoms with Gasteiger partial charge in [-0.05, 0) is 43.5 Å². The van der Waals surface area contributed by atoms with Crippen LogP contribution in [0, 0.1) is 0 Å². The molecule has 1 aliphatic rings. The summed E-state index contributed by atoms with van der Waals surface area (Å²) >= 11 is 6.28. The number of hydrogen-bond donors (Lipinski definition) is 1. The minimum atomic E-state index is -0.225. The Morgan fingerprint density at radius 2 is 2.21 bits per heavy atom. The van der Waals surface area contributed by atoms with Crippen molar-refractivity contribution in [2.45, 2.75) is 51.7 Å². The van der Waals surface area contributed by atoms with Gasteiger partial charge in [-0.1, -0.05) is 18.5 Å². The zero-order valence-corrected chi connectivity index (χ0v) is 17.0. The molecule has 152 valence electrons. The molecule has 3 aromatic rings. The Morgan fingerprint density at radius 3 is 2.97 bits per heavy atom. The Balaban J connectivity index is 1.47. The Labute approximate surface area is 173 Å². The number of amides is 1. The molecule has 1 amide bonds. The molecule has 1 aliphatic heterocycles. The third kappa shape index (κ3) is 3.98. The van der Waals surface area contributed by atoms with Gasteiger partial charge in [0.15, 0.2) is 0 Å². The summed E-state index contributed by atoms with van der Waals surface area (Å²) in [5, 5.41) is 12.1. The smallest absolute Gasteiger partial charge is 0.345 e. The molecule has 4 rings (SSSR count). The number of halogens is 1. The molecule has 1 unspecified atom stereocenters. The largest absolute Gasteiger partial charge is 0.349 e. The van der Waals surface area contributed by atoms with Crippen molar-refractivity contribution in [3.63, 3.8) is 0 Å². The van der Waals surface area contributed by atoms with Crippen LogP contribution in [-0.2, 0) is 19.5 Å². The number of nitrogens with zero attached hydrogens (tertiary/aromatic N) is 5. The van der Waals surface area contributed by atoms with Crippen molar-refractivity contribution in [3.8, 4) is 5.69 Å². The van der Waals surface area contributed by atoms with Gasteiger partial charge in [0, 0.05) is 37.9 Å². The fraction of sp³-hybridized carbons (Fsp3) is 0.400. The van der Waals surface area contributed by atoms with E-state index < -0.39 is 0 Å². The van der Waals surface area contributed by atoms with E-state index in [-0.39, 0.29) is 17.6 Å². The van der Waals surface area contributed by atoms with Crippen molar-refractivity contribution in [2.75, 3.05) is 0 Å². The van der Waals surface area contributed by atoms with Crippen LogP contribution < -0.4 is 11.0 Å². The highest BCUT2D eigenvalue weighted by Crippen LogP contribution is 2.21. The first-order valence-corrected chi connectivity index (χ1v) is 10.2. The van der Waals surface area contributed by atoms with Crippen molar-refractivity contribution >= 4 is 17.5 Å². The fourth-order valence-corrected chi connectivity index (χ4v) is 3.85. The lowest BCUT2D eigenvalue weighted by atomic mass is 10.1. The summed E-state index contributed by atoms with van der Waals surface area (Å²) in [6, 6.07) is 7.02. The quantitative estimate of drug-likeness (QED) is 0.694. The van der Waals surface area contributed by atoms with Gasteiger partial charge in [0.2, 0.25) is 0 Å². The van der Waals surface area contributed by atoms with Gasteiger partial charge in [-0.3, -0.25) is 9.36 Å². The second-order valence-corrected chi connectivity index (χ2v) is 7.59. The van der Waals surface area contributed by atoms with Gasteiger partial charge in [0.05, 0.1) is 16.3 Å². The summed E-state index contributed by atoms with van der Waals surface area (Å²) in [6.45, 7) is 3.20. The summed E-state index contributed by atoms with van der Waals surface area (Å²) in [4.78, 5) is 25.3. The van der Waals surface area contributed by atoms with Gasteiger partial charge in [-0.25, -0.2) is 14.2 Å². The van der Waals surface area contributed by atoms with E-state index in [2.05, 4.69) is 15.5 Å². The standard InChI is InChI=1S/C20H23ClN6O2/c1-2-10-27-20(29)25-12-8-14(4-7-18(25)24-27)23-19(28)16-13-15(5-6-17(16)21)26-11-3-9-22-26/h3,5-6,9,11,13-14H,2,4,7-8,10,12H2,1H3,(H,23,28). The molecule has 9 heteroatoms. The number of aromatic nitrogens is 5. The first kappa shape index (κ1) is 19.4. The van der Waals surface area contributed by atoms with Crippen LogP contribution in [-0.4, -0.2) is 36.1 Å². The highest BCUT2D eigenvalue weighted by molar-refractivity contribution is 6.33. The molecular weight excluding hydrogens is 392 g/mol. The van der Waals surface area contributed by atoms with Crippen molar-refractivity contribution in [3.05, 3.63) is 63.6 Å². The van der Waals surface area contributed by atoms with Crippen LogP contribution in [0.1, 0.15) is 42.4 Å². The molecule has 0 spiro atoms. The lowest BCUT2D eigenvalue weighted by molar-refractivity contribution is 0.0933.